The molecule has 5 nitrogen and oxygen atoms in total. The van der Waals surface area contributed by atoms with Crippen LogP contribution in [0, 0.1) is 0 Å². The molecule has 2 N–H and O–H groups in total. The van der Waals surface area contributed by atoms with Gasteiger partial charge in [0.05, 0.1) is 12.3 Å². The number of nitrogens with zero attached hydrogens (tertiary/aromatic N) is 2. The molecule has 5 heteroatoms. The fourth-order valence-electron chi connectivity index (χ4n) is 1.94. The summed E-state index contributed by atoms with van der Waals surface area (Å²) in [6.07, 6.45) is 0. The molecule has 0 aliphatic rings. The van der Waals surface area contributed by atoms with Gasteiger partial charge in [-0.2, -0.15) is 0 Å². The number of fused-ring (bicyclic) bond motifs is 1. The third-order valence-corrected chi connectivity index (χ3v) is 2.74. The molecule has 3 rings (SSSR count). The van der Waals surface area contributed by atoms with Crippen molar-refractivity contribution in [2.75, 3.05) is 12.8 Å². The summed E-state index contributed by atoms with van der Waals surface area (Å²) in [5.41, 5.74) is 7.30. The van der Waals surface area contributed by atoms with Crippen molar-refractivity contribution < 1.29 is 9.15 Å². The quantitative estimate of drug-likeness (QED) is 0.778. The standard InChI is InChI=1S/C14H13N3O2/c1-18-8-10-7-13(15)17-14(16-10)12-6-9-4-2-3-5-11(9)19-12/h2-7H,8H2,1H3,(H2,15,16,17). The van der Waals surface area contributed by atoms with Crippen LogP contribution in [0.15, 0.2) is 40.8 Å². The molecular formula is C14H13N3O2. The maximum Gasteiger partial charge on any atom is 0.197 e. The Balaban J connectivity index is 2.09. The first-order valence-electron chi connectivity index (χ1n) is 5.87. The van der Waals surface area contributed by atoms with Crippen molar-refractivity contribution >= 4 is 16.8 Å². The van der Waals surface area contributed by atoms with Crippen molar-refractivity contribution in [2.45, 2.75) is 6.61 Å². The summed E-state index contributed by atoms with van der Waals surface area (Å²) in [6, 6.07) is 11.4. The van der Waals surface area contributed by atoms with Crippen LogP contribution < -0.4 is 5.73 Å². The zero-order valence-corrected chi connectivity index (χ0v) is 10.5. The first-order chi connectivity index (χ1) is 9.26. The first-order valence-corrected chi connectivity index (χ1v) is 5.87. The van der Waals surface area contributed by atoms with Crippen LogP contribution in [0.1, 0.15) is 5.69 Å². The minimum Gasteiger partial charge on any atom is -0.453 e. The second-order valence-electron chi connectivity index (χ2n) is 4.19. The van der Waals surface area contributed by atoms with Crippen molar-refractivity contribution in [3.05, 3.63) is 42.1 Å². The molecule has 0 amide bonds. The highest BCUT2D eigenvalue weighted by atomic mass is 16.5. The number of rotatable bonds is 3. The van der Waals surface area contributed by atoms with Crippen molar-refractivity contribution in [3.63, 3.8) is 0 Å². The molecule has 0 radical (unpaired) electrons. The SMILES string of the molecule is COCc1cc(N)nc(-c2cc3ccccc3o2)n1. The Morgan fingerprint density at radius 3 is 2.84 bits per heavy atom. The summed E-state index contributed by atoms with van der Waals surface area (Å²) in [5, 5.41) is 1.01. The van der Waals surface area contributed by atoms with Crippen LogP contribution in [0.2, 0.25) is 0 Å². The van der Waals surface area contributed by atoms with Crippen LogP contribution in [0.3, 0.4) is 0 Å². The number of hydrogen-bond acceptors (Lipinski definition) is 5. The lowest BCUT2D eigenvalue weighted by Gasteiger charge is -2.02. The van der Waals surface area contributed by atoms with E-state index in [1.165, 1.54) is 0 Å². The highest BCUT2D eigenvalue weighted by Crippen LogP contribution is 2.26. The van der Waals surface area contributed by atoms with Gasteiger partial charge in [-0.15, -0.1) is 0 Å². The van der Waals surface area contributed by atoms with E-state index in [0.717, 1.165) is 16.7 Å². The molecule has 0 spiro atoms. The summed E-state index contributed by atoms with van der Waals surface area (Å²) in [6.45, 7) is 0.389. The molecule has 0 aliphatic carbocycles. The molecular weight excluding hydrogens is 242 g/mol. The molecule has 0 atom stereocenters. The van der Waals surface area contributed by atoms with Gasteiger partial charge in [0.2, 0.25) is 0 Å². The number of nitrogens with two attached hydrogens (primary N) is 1. The predicted molar refractivity (Wildman–Crippen MR) is 72.4 cm³/mol. The van der Waals surface area contributed by atoms with Gasteiger partial charge in [-0.05, 0) is 12.1 Å². The lowest BCUT2D eigenvalue weighted by atomic mass is 10.2. The van der Waals surface area contributed by atoms with Gasteiger partial charge in [0.15, 0.2) is 11.6 Å². The molecule has 2 heterocycles. The number of nitrogen functional groups attached to an aromatic ring is 1. The van der Waals surface area contributed by atoms with Gasteiger partial charge < -0.3 is 14.9 Å². The Morgan fingerprint density at radius 2 is 2.05 bits per heavy atom. The van der Waals surface area contributed by atoms with Gasteiger partial charge in [-0.1, -0.05) is 18.2 Å². The van der Waals surface area contributed by atoms with E-state index in [9.17, 15) is 0 Å². The third-order valence-electron chi connectivity index (χ3n) is 2.74. The van der Waals surface area contributed by atoms with E-state index in [-0.39, 0.29) is 0 Å². The number of furan rings is 1. The maximum atomic E-state index is 5.77. The Kier molecular flexibility index (Phi) is 2.89. The number of para-hydroxylation sites is 1. The summed E-state index contributed by atoms with van der Waals surface area (Å²) in [5.74, 6) is 1.48. The number of hydrogen-bond donors (Lipinski definition) is 1. The van der Waals surface area contributed by atoms with Crippen LogP contribution >= 0.6 is 0 Å². The van der Waals surface area contributed by atoms with Gasteiger partial charge in [0.1, 0.15) is 11.4 Å². The first kappa shape index (κ1) is 11.7. The second-order valence-corrected chi connectivity index (χ2v) is 4.19. The fraction of sp³-hybridized carbons (Fsp3) is 0.143. The van der Waals surface area contributed by atoms with E-state index < -0.39 is 0 Å². The van der Waals surface area contributed by atoms with E-state index in [1.807, 2.05) is 30.3 Å². The second kappa shape index (κ2) is 4.70. The van der Waals surface area contributed by atoms with Gasteiger partial charge in [-0.25, -0.2) is 9.97 Å². The molecule has 19 heavy (non-hydrogen) atoms. The molecule has 0 unspecified atom stereocenters. The monoisotopic (exact) mass is 255 g/mol. The zero-order valence-electron chi connectivity index (χ0n) is 10.5. The summed E-state index contributed by atoms with van der Waals surface area (Å²) < 4.78 is 10.8. The summed E-state index contributed by atoms with van der Waals surface area (Å²) in [4.78, 5) is 8.58. The predicted octanol–water partition coefficient (Wildman–Crippen LogP) is 2.62. The molecule has 96 valence electrons. The third kappa shape index (κ3) is 2.28. The Labute approximate surface area is 110 Å². The van der Waals surface area contributed by atoms with Crippen molar-refractivity contribution in [1.29, 1.82) is 0 Å². The van der Waals surface area contributed by atoms with E-state index in [2.05, 4.69) is 9.97 Å². The lowest BCUT2D eigenvalue weighted by molar-refractivity contribution is 0.181. The van der Waals surface area contributed by atoms with Crippen LogP contribution in [-0.2, 0) is 11.3 Å². The number of anilines is 1. The Morgan fingerprint density at radius 1 is 1.21 bits per heavy atom. The number of ether oxygens (including phenoxy) is 1. The molecule has 0 bridgehead atoms. The van der Waals surface area contributed by atoms with E-state index in [4.69, 9.17) is 14.9 Å². The lowest BCUT2D eigenvalue weighted by Crippen LogP contribution is -2.00. The van der Waals surface area contributed by atoms with E-state index >= 15 is 0 Å². The van der Waals surface area contributed by atoms with Gasteiger partial charge in [0.25, 0.3) is 0 Å². The van der Waals surface area contributed by atoms with Crippen LogP contribution in [0.4, 0.5) is 5.82 Å². The smallest absolute Gasteiger partial charge is 0.197 e. The summed E-state index contributed by atoms with van der Waals surface area (Å²) in [7, 11) is 1.61. The zero-order chi connectivity index (χ0) is 13.2. The summed E-state index contributed by atoms with van der Waals surface area (Å²) >= 11 is 0. The Bertz CT molecular complexity index is 689. The number of aromatic nitrogens is 2. The molecule has 2 aromatic heterocycles. The van der Waals surface area contributed by atoms with Gasteiger partial charge >= 0.3 is 0 Å². The normalized spacial score (nSPS) is 11.0. The highest BCUT2D eigenvalue weighted by Gasteiger charge is 2.10. The highest BCUT2D eigenvalue weighted by molar-refractivity contribution is 5.81. The molecule has 1 aromatic carbocycles. The Hall–Kier alpha value is -2.40. The minimum absolute atomic E-state index is 0.389. The topological polar surface area (TPSA) is 74.2 Å². The van der Waals surface area contributed by atoms with Gasteiger partial charge in [-0.3, -0.25) is 0 Å². The average molecular weight is 255 g/mol. The number of benzene rings is 1. The van der Waals surface area contributed by atoms with Crippen molar-refractivity contribution in [2.24, 2.45) is 0 Å². The largest absolute Gasteiger partial charge is 0.453 e. The van der Waals surface area contributed by atoms with Crippen LogP contribution in [-0.4, -0.2) is 17.1 Å². The minimum atomic E-state index is 0.389. The fourth-order valence-corrected chi connectivity index (χ4v) is 1.94. The van der Waals surface area contributed by atoms with E-state index in [0.29, 0.717) is 24.0 Å². The molecule has 0 saturated carbocycles. The number of methoxy groups -OCH3 is 1. The molecule has 0 aliphatic heterocycles. The molecule has 0 saturated heterocycles. The maximum absolute atomic E-state index is 5.77. The van der Waals surface area contributed by atoms with Crippen molar-refractivity contribution in [1.82, 2.24) is 9.97 Å². The van der Waals surface area contributed by atoms with Crippen LogP contribution in [0.5, 0.6) is 0 Å². The molecule has 0 fully saturated rings. The van der Waals surface area contributed by atoms with Crippen molar-refractivity contribution in [3.8, 4) is 11.6 Å². The average Bonchev–Trinajstić information content (AvgIpc) is 2.82. The van der Waals surface area contributed by atoms with E-state index in [1.54, 1.807) is 13.2 Å². The van der Waals surface area contributed by atoms with Crippen LogP contribution in [0.25, 0.3) is 22.6 Å². The van der Waals surface area contributed by atoms with Gasteiger partial charge in [0, 0.05) is 18.6 Å². The molecule has 3 aromatic rings.